The third-order valence-corrected chi connectivity index (χ3v) is 11.9. The number of benzene rings is 9. The van der Waals surface area contributed by atoms with E-state index in [1.54, 1.807) is 0 Å². The highest BCUT2D eigenvalue weighted by molar-refractivity contribution is 6.13. The molecule has 0 bridgehead atoms. The molecule has 1 aliphatic carbocycles. The van der Waals surface area contributed by atoms with Gasteiger partial charge in [0.25, 0.3) is 0 Å². The fourth-order valence-corrected chi connectivity index (χ4v) is 9.29. The maximum absolute atomic E-state index is 3.54. The average Bonchev–Trinajstić information content (AvgIpc) is 3.71. The number of para-hydroxylation sites is 4. The molecule has 1 aromatic heterocycles. The minimum Gasteiger partial charge on any atom is -0.310 e. The number of aromatic nitrogens is 1. The molecular weight excluding hydrogens is 689 g/mol. The van der Waals surface area contributed by atoms with Gasteiger partial charge in [0.05, 0.1) is 11.0 Å². The Morgan fingerprint density at radius 3 is 1.72 bits per heavy atom. The van der Waals surface area contributed by atoms with Crippen LogP contribution in [0.2, 0.25) is 0 Å². The van der Waals surface area contributed by atoms with Gasteiger partial charge in [-0.2, -0.15) is 0 Å². The second kappa shape index (κ2) is 12.9. The van der Waals surface area contributed by atoms with Gasteiger partial charge in [0, 0.05) is 50.1 Å². The van der Waals surface area contributed by atoms with E-state index in [4.69, 9.17) is 0 Å². The van der Waals surface area contributed by atoms with Crippen molar-refractivity contribution < 1.29 is 0 Å². The Kier molecular flexibility index (Phi) is 7.46. The highest BCUT2D eigenvalue weighted by Gasteiger charge is 2.38. The van der Waals surface area contributed by atoms with Crippen molar-refractivity contribution in [2.24, 2.45) is 0 Å². The van der Waals surface area contributed by atoms with Gasteiger partial charge in [-0.3, -0.25) is 0 Å². The molecule has 0 unspecified atom stereocenters. The van der Waals surface area contributed by atoms with E-state index in [0.717, 1.165) is 28.2 Å². The van der Waals surface area contributed by atoms with Crippen LogP contribution in [0.1, 0.15) is 36.1 Å². The third kappa shape index (κ3) is 5.28. The minimum absolute atomic E-state index is 0.216. The van der Waals surface area contributed by atoms with Crippen LogP contribution in [-0.2, 0) is 5.41 Å². The number of fused-ring (bicyclic) bond motifs is 10. The highest BCUT2D eigenvalue weighted by Crippen LogP contribution is 2.53. The monoisotopic (exact) mass is 726 g/mol. The summed E-state index contributed by atoms with van der Waals surface area (Å²) in [5.74, 6) is 7.06. The first-order valence-corrected chi connectivity index (χ1v) is 19.7. The predicted octanol–water partition coefficient (Wildman–Crippen LogP) is 14.3. The Balaban J connectivity index is 0.946. The fraction of sp³-hybridized carbons (Fsp3) is 0.0545. The Morgan fingerprint density at radius 1 is 0.439 bits per heavy atom. The molecule has 1 aliphatic rings. The second-order valence-electron chi connectivity index (χ2n) is 15.6. The first-order valence-electron chi connectivity index (χ1n) is 19.7. The van der Waals surface area contributed by atoms with Crippen molar-refractivity contribution in [2.45, 2.75) is 19.3 Å². The molecule has 0 saturated carbocycles. The maximum Gasteiger partial charge on any atom is 0.0588 e. The van der Waals surface area contributed by atoms with Crippen molar-refractivity contribution in [2.75, 3.05) is 4.90 Å². The van der Waals surface area contributed by atoms with Crippen molar-refractivity contribution >= 4 is 60.4 Å². The summed E-state index contributed by atoms with van der Waals surface area (Å²) in [5, 5.41) is 7.43. The number of hydrogen-bond acceptors (Lipinski definition) is 1. The second-order valence-corrected chi connectivity index (χ2v) is 15.6. The lowest BCUT2D eigenvalue weighted by Crippen LogP contribution is -2.16. The van der Waals surface area contributed by atoms with Crippen molar-refractivity contribution in [1.82, 2.24) is 4.57 Å². The molecule has 11 rings (SSSR count). The van der Waals surface area contributed by atoms with Crippen molar-refractivity contribution in [3.8, 4) is 28.7 Å². The maximum atomic E-state index is 3.54. The minimum atomic E-state index is -0.216. The molecule has 0 spiro atoms. The predicted molar refractivity (Wildman–Crippen MR) is 240 cm³/mol. The van der Waals surface area contributed by atoms with Crippen LogP contribution in [0.4, 0.5) is 17.1 Å². The lowest BCUT2D eigenvalue weighted by atomic mass is 9.81. The standard InChI is InChI=1S/C55H38N2/c1-55(2)51-35-38(25-30-47(51)49-32-33-50-48-20-12-13-21-52(48)57(54(50)53(49)55)43-18-10-5-11-19-43)23-22-37-24-29-45-39(34-37)26-27-40-36-44(28-31-46(40)45)56(41-14-6-3-7-15-41)42-16-8-4-9-17-42/h3-21,24-36H,1-2H3. The zero-order valence-electron chi connectivity index (χ0n) is 31.9. The highest BCUT2D eigenvalue weighted by atomic mass is 15.1. The Bertz CT molecular complexity index is 3210. The van der Waals surface area contributed by atoms with Crippen LogP contribution < -0.4 is 4.90 Å². The first kappa shape index (κ1) is 33.0. The quantitative estimate of drug-likeness (QED) is 0.129. The van der Waals surface area contributed by atoms with Gasteiger partial charge in [-0.25, -0.2) is 0 Å². The lowest BCUT2D eigenvalue weighted by molar-refractivity contribution is 0.663. The Morgan fingerprint density at radius 2 is 1.00 bits per heavy atom. The summed E-state index contributed by atoms with van der Waals surface area (Å²) in [6, 6.07) is 70.0. The molecule has 57 heavy (non-hydrogen) atoms. The van der Waals surface area contributed by atoms with Crippen molar-refractivity contribution in [3.05, 3.63) is 216 Å². The summed E-state index contributed by atoms with van der Waals surface area (Å²) in [7, 11) is 0. The van der Waals surface area contributed by atoms with Gasteiger partial charge >= 0.3 is 0 Å². The smallest absolute Gasteiger partial charge is 0.0588 e. The summed E-state index contributed by atoms with van der Waals surface area (Å²) >= 11 is 0. The molecule has 1 heterocycles. The largest absolute Gasteiger partial charge is 0.310 e. The van der Waals surface area contributed by atoms with E-state index in [9.17, 15) is 0 Å². The van der Waals surface area contributed by atoms with E-state index < -0.39 is 0 Å². The number of rotatable bonds is 4. The third-order valence-electron chi connectivity index (χ3n) is 11.9. The van der Waals surface area contributed by atoms with Crippen LogP contribution in [0.25, 0.3) is 60.2 Å². The molecule has 2 heteroatoms. The summed E-state index contributed by atoms with van der Waals surface area (Å²) < 4.78 is 2.46. The first-order chi connectivity index (χ1) is 28.0. The van der Waals surface area contributed by atoms with Crippen molar-refractivity contribution in [1.29, 1.82) is 0 Å². The molecule has 10 aromatic rings. The van der Waals surface area contributed by atoms with E-state index in [-0.39, 0.29) is 5.41 Å². The van der Waals surface area contributed by atoms with E-state index in [1.165, 1.54) is 71.3 Å². The van der Waals surface area contributed by atoms with E-state index in [0.29, 0.717) is 0 Å². The molecule has 0 atom stereocenters. The molecule has 0 radical (unpaired) electrons. The van der Waals surface area contributed by atoms with Crippen LogP contribution in [0.15, 0.2) is 194 Å². The molecule has 0 N–H and O–H groups in total. The van der Waals surface area contributed by atoms with Gasteiger partial charge < -0.3 is 9.47 Å². The van der Waals surface area contributed by atoms with Gasteiger partial charge in [0.1, 0.15) is 0 Å². The Labute approximate surface area is 332 Å². The molecule has 0 aliphatic heterocycles. The number of nitrogens with zero attached hydrogens (tertiary/aromatic N) is 2. The van der Waals surface area contributed by atoms with Crippen LogP contribution in [0.5, 0.6) is 0 Å². The van der Waals surface area contributed by atoms with E-state index in [1.807, 2.05) is 0 Å². The van der Waals surface area contributed by atoms with Crippen molar-refractivity contribution in [3.63, 3.8) is 0 Å². The van der Waals surface area contributed by atoms with Crippen LogP contribution in [-0.4, -0.2) is 4.57 Å². The van der Waals surface area contributed by atoms with E-state index >= 15 is 0 Å². The van der Waals surface area contributed by atoms with Gasteiger partial charge in [0.15, 0.2) is 0 Å². The fourth-order valence-electron chi connectivity index (χ4n) is 9.29. The lowest BCUT2D eigenvalue weighted by Gasteiger charge is -2.25. The molecule has 268 valence electrons. The van der Waals surface area contributed by atoms with Crippen LogP contribution in [0, 0.1) is 11.8 Å². The number of anilines is 3. The Hall–Kier alpha value is -7.34. The molecule has 2 nitrogen and oxygen atoms in total. The molecule has 9 aromatic carbocycles. The molecular formula is C55H38N2. The molecule has 0 amide bonds. The van der Waals surface area contributed by atoms with Gasteiger partial charge in [0.2, 0.25) is 0 Å². The average molecular weight is 727 g/mol. The summed E-state index contributed by atoms with van der Waals surface area (Å²) in [5.41, 5.74) is 14.2. The zero-order valence-corrected chi connectivity index (χ0v) is 31.9. The number of hydrogen-bond donors (Lipinski definition) is 0. The summed E-state index contributed by atoms with van der Waals surface area (Å²) in [6.45, 7) is 4.75. The van der Waals surface area contributed by atoms with Gasteiger partial charge in [-0.15, -0.1) is 0 Å². The van der Waals surface area contributed by atoms with Gasteiger partial charge in [-0.05, 0) is 123 Å². The van der Waals surface area contributed by atoms with Gasteiger partial charge in [-0.1, -0.05) is 141 Å². The summed E-state index contributed by atoms with van der Waals surface area (Å²) in [4.78, 5) is 2.31. The summed E-state index contributed by atoms with van der Waals surface area (Å²) in [6.07, 6.45) is 0. The van der Waals surface area contributed by atoms with Crippen LogP contribution >= 0.6 is 0 Å². The van der Waals surface area contributed by atoms with E-state index in [2.05, 4.69) is 229 Å². The normalized spacial score (nSPS) is 12.7. The SMILES string of the molecule is CC1(C)c2cc(C#Cc3ccc4c(ccc5cc(N(c6ccccc6)c6ccccc6)ccc54)c3)ccc2-c2ccc3c4ccccc4n(-c4ccccc4)c3c21. The molecule has 0 fully saturated rings. The zero-order chi connectivity index (χ0) is 38.1. The topological polar surface area (TPSA) is 8.17 Å². The molecule has 0 saturated heterocycles. The van der Waals surface area contributed by atoms with Crippen LogP contribution in [0.3, 0.4) is 0 Å².